The maximum absolute atomic E-state index is 14.0. The van der Waals surface area contributed by atoms with Gasteiger partial charge in [0.1, 0.15) is 17.2 Å². The Hall–Kier alpha value is -3.81. The number of hydrogen-bond donors (Lipinski definition) is 2. The van der Waals surface area contributed by atoms with E-state index < -0.39 is 23.4 Å². The summed E-state index contributed by atoms with van der Waals surface area (Å²) in [6, 6.07) is 10.2. The third-order valence-corrected chi connectivity index (χ3v) is 5.65. The first-order valence-electron chi connectivity index (χ1n) is 10.1. The standard InChI is InChI=1S/C24H18F3N3O2/c25-19-10-21(27)20(26)9-16(19)12-30-6-5-14-7-17(3-4-22(14)30)29-23-18(24(31)32)8-15(11-28-23)13-1-2-13/h3-11,13H,1-2,12H2,(H,28,29)(H,31,32). The normalized spacial score (nSPS) is 13.5. The molecule has 0 spiro atoms. The molecule has 0 atom stereocenters. The molecule has 1 aliphatic rings. The van der Waals surface area contributed by atoms with Crippen molar-refractivity contribution in [1.82, 2.24) is 9.55 Å². The Morgan fingerprint density at radius 1 is 1.06 bits per heavy atom. The van der Waals surface area contributed by atoms with Crippen LogP contribution >= 0.6 is 0 Å². The Morgan fingerprint density at radius 3 is 2.59 bits per heavy atom. The third kappa shape index (κ3) is 3.79. The van der Waals surface area contributed by atoms with E-state index in [0.29, 0.717) is 17.7 Å². The lowest BCUT2D eigenvalue weighted by Crippen LogP contribution is -2.06. The largest absolute Gasteiger partial charge is 0.478 e. The van der Waals surface area contributed by atoms with Gasteiger partial charge in [-0.2, -0.15) is 0 Å². The predicted molar refractivity (Wildman–Crippen MR) is 114 cm³/mol. The fourth-order valence-corrected chi connectivity index (χ4v) is 3.80. The molecular weight excluding hydrogens is 419 g/mol. The van der Waals surface area contributed by atoms with Gasteiger partial charge in [0, 0.05) is 40.6 Å². The smallest absolute Gasteiger partial charge is 0.339 e. The molecule has 5 nitrogen and oxygen atoms in total. The lowest BCUT2D eigenvalue weighted by Gasteiger charge is -2.11. The molecule has 2 aromatic carbocycles. The molecule has 4 aromatic rings. The van der Waals surface area contributed by atoms with Gasteiger partial charge in [-0.15, -0.1) is 0 Å². The minimum Gasteiger partial charge on any atom is -0.478 e. The van der Waals surface area contributed by atoms with E-state index in [1.54, 1.807) is 41.2 Å². The van der Waals surface area contributed by atoms with Crippen LogP contribution in [-0.4, -0.2) is 20.6 Å². The zero-order valence-corrected chi connectivity index (χ0v) is 16.8. The Bertz CT molecular complexity index is 1360. The van der Waals surface area contributed by atoms with E-state index in [1.807, 2.05) is 6.07 Å². The van der Waals surface area contributed by atoms with Crippen LogP contribution in [0.4, 0.5) is 24.7 Å². The number of fused-ring (bicyclic) bond motifs is 1. The minimum atomic E-state index is -1.22. The van der Waals surface area contributed by atoms with Crippen LogP contribution in [0, 0.1) is 17.5 Å². The van der Waals surface area contributed by atoms with Crippen LogP contribution in [0.1, 0.15) is 40.2 Å². The number of hydrogen-bond acceptors (Lipinski definition) is 3. The molecular formula is C24H18F3N3O2. The van der Waals surface area contributed by atoms with Crippen molar-refractivity contribution in [2.75, 3.05) is 5.32 Å². The number of carbonyl (C=O) groups is 1. The predicted octanol–water partition coefficient (Wildman–Crippen LogP) is 5.82. The summed E-state index contributed by atoms with van der Waals surface area (Å²) in [5, 5.41) is 13.5. The Morgan fingerprint density at radius 2 is 1.84 bits per heavy atom. The summed E-state index contributed by atoms with van der Waals surface area (Å²) in [7, 11) is 0. The highest BCUT2D eigenvalue weighted by Crippen LogP contribution is 2.40. The highest BCUT2D eigenvalue weighted by Gasteiger charge is 2.26. The van der Waals surface area contributed by atoms with Gasteiger partial charge in [-0.1, -0.05) is 0 Å². The second-order valence-electron chi connectivity index (χ2n) is 7.94. The Kier molecular flexibility index (Phi) is 4.84. The van der Waals surface area contributed by atoms with E-state index in [4.69, 9.17) is 0 Å². The van der Waals surface area contributed by atoms with Crippen molar-refractivity contribution in [3.8, 4) is 0 Å². The summed E-state index contributed by atoms with van der Waals surface area (Å²) in [6.07, 6.45) is 5.53. The number of nitrogens with one attached hydrogen (secondary N) is 1. The summed E-state index contributed by atoms with van der Waals surface area (Å²) >= 11 is 0. The average Bonchev–Trinajstić information content (AvgIpc) is 3.54. The number of halogens is 3. The first-order chi connectivity index (χ1) is 15.4. The number of benzene rings is 2. The fraction of sp³-hybridized carbons (Fsp3) is 0.167. The molecule has 2 aromatic heterocycles. The summed E-state index contributed by atoms with van der Waals surface area (Å²) in [4.78, 5) is 16.0. The van der Waals surface area contributed by atoms with Crippen LogP contribution < -0.4 is 5.32 Å². The van der Waals surface area contributed by atoms with Crippen molar-refractivity contribution in [2.24, 2.45) is 0 Å². The van der Waals surface area contributed by atoms with E-state index in [1.165, 1.54) is 0 Å². The highest BCUT2D eigenvalue weighted by atomic mass is 19.2. The number of carboxylic acid groups (broad SMARTS) is 1. The van der Waals surface area contributed by atoms with Gasteiger partial charge in [-0.3, -0.25) is 0 Å². The summed E-state index contributed by atoms with van der Waals surface area (Å²) in [5.74, 6) is -3.54. The zero-order chi connectivity index (χ0) is 22.4. The van der Waals surface area contributed by atoms with Crippen LogP contribution in [0.25, 0.3) is 10.9 Å². The van der Waals surface area contributed by atoms with E-state index in [9.17, 15) is 23.1 Å². The lowest BCUT2D eigenvalue weighted by molar-refractivity contribution is 0.0697. The molecule has 162 valence electrons. The summed E-state index contributed by atoms with van der Waals surface area (Å²) in [6.45, 7) is 0.0344. The van der Waals surface area contributed by atoms with Crippen LogP contribution in [0.15, 0.2) is 54.9 Å². The van der Waals surface area contributed by atoms with Gasteiger partial charge < -0.3 is 15.0 Å². The molecule has 0 saturated heterocycles. The Balaban J connectivity index is 1.42. The maximum Gasteiger partial charge on any atom is 0.339 e. The second-order valence-corrected chi connectivity index (χ2v) is 7.94. The molecule has 0 aliphatic heterocycles. The number of aromatic nitrogens is 2. The number of rotatable bonds is 6. The quantitative estimate of drug-likeness (QED) is 0.373. The highest BCUT2D eigenvalue weighted by molar-refractivity contribution is 5.94. The molecule has 2 heterocycles. The molecule has 0 radical (unpaired) electrons. The third-order valence-electron chi connectivity index (χ3n) is 5.65. The molecule has 0 amide bonds. The summed E-state index contributed by atoms with van der Waals surface area (Å²) < 4.78 is 42.5. The topological polar surface area (TPSA) is 67.2 Å². The molecule has 32 heavy (non-hydrogen) atoms. The monoisotopic (exact) mass is 437 g/mol. The lowest BCUT2D eigenvalue weighted by atomic mass is 10.1. The van der Waals surface area contributed by atoms with Gasteiger partial charge in [0.05, 0.1) is 6.54 Å². The summed E-state index contributed by atoms with van der Waals surface area (Å²) in [5.41, 5.74) is 2.49. The first-order valence-corrected chi connectivity index (χ1v) is 10.1. The molecule has 5 rings (SSSR count). The molecule has 1 fully saturated rings. The molecule has 0 unspecified atom stereocenters. The second kappa shape index (κ2) is 7.71. The van der Waals surface area contributed by atoms with Crippen molar-refractivity contribution in [1.29, 1.82) is 0 Å². The van der Waals surface area contributed by atoms with Gasteiger partial charge in [0.15, 0.2) is 11.6 Å². The van der Waals surface area contributed by atoms with E-state index in [-0.39, 0.29) is 23.5 Å². The van der Waals surface area contributed by atoms with E-state index in [0.717, 1.165) is 35.4 Å². The molecule has 1 aliphatic carbocycles. The number of anilines is 2. The van der Waals surface area contributed by atoms with Crippen LogP contribution in [0.5, 0.6) is 0 Å². The minimum absolute atomic E-state index is 0.0344. The number of pyridine rings is 1. The van der Waals surface area contributed by atoms with Crippen molar-refractivity contribution in [3.05, 3.63) is 89.0 Å². The van der Waals surface area contributed by atoms with Crippen LogP contribution in [-0.2, 0) is 6.54 Å². The van der Waals surface area contributed by atoms with Gasteiger partial charge in [-0.05, 0) is 60.7 Å². The fourth-order valence-electron chi connectivity index (χ4n) is 3.80. The van der Waals surface area contributed by atoms with E-state index in [2.05, 4.69) is 10.3 Å². The molecule has 0 bridgehead atoms. The van der Waals surface area contributed by atoms with Gasteiger partial charge in [0.2, 0.25) is 0 Å². The van der Waals surface area contributed by atoms with Gasteiger partial charge in [-0.25, -0.2) is 22.9 Å². The van der Waals surface area contributed by atoms with Gasteiger partial charge in [0.25, 0.3) is 0 Å². The zero-order valence-electron chi connectivity index (χ0n) is 16.8. The molecule has 1 saturated carbocycles. The van der Waals surface area contributed by atoms with Crippen molar-refractivity contribution in [2.45, 2.75) is 25.3 Å². The number of aromatic carboxylic acids is 1. The van der Waals surface area contributed by atoms with Crippen LogP contribution in [0.2, 0.25) is 0 Å². The van der Waals surface area contributed by atoms with E-state index >= 15 is 0 Å². The SMILES string of the molecule is O=C(O)c1cc(C2CC2)cnc1Nc1ccc2c(ccn2Cc2cc(F)c(F)cc2F)c1. The maximum atomic E-state index is 14.0. The molecule has 8 heteroatoms. The number of carboxylic acids is 1. The average molecular weight is 437 g/mol. The van der Waals surface area contributed by atoms with Crippen molar-refractivity contribution in [3.63, 3.8) is 0 Å². The van der Waals surface area contributed by atoms with Gasteiger partial charge >= 0.3 is 5.97 Å². The van der Waals surface area contributed by atoms with Crippen molar-refractivity contribution >= 4 is 28.4 Å². The molecule has 2 N–H and O–H groups in total. The first kappa shape index (κ1) is 20.1. The van der Waals surface area contributed by atoms with Crippen molar-refractivity contribution < 1.29 is 23.1 Å². The Labute approximate surface area is 181 Å². The number of nitrogens with zero attached hydrogens (tertiary/aromatic N) is 2. The van der Waals surface area contributed by atoms with Crippen LogP contribution in [0.3, 0.4) is 0 Å².